The van der Waals surface area contributed by atoms with Crippen molar-refractivity contribution in [1.29, 1.82) is 0 Å². The number of nitrogens with two attached hydrogens (primary N) is 1. The van der Waals surface area contributed by atoms with Crippen LogP contribution in [0.15, 0.2) is 24.3 Å². The van der Waals surface area contributed by atoms with E-state index < -0.39 is 0 Å². The summed E-state index contributed by atoms with van der Waals surface area (Å²) < 4.78 is 6.00. The highest BCUT2D eigenvalue weighted by molar-refractivity contribution is 5.25. The van der Waals surface area contributed by atoms with Gasteiger partial charge in [-0.2, -0.15) is 0 Å². The average Bonchev–Trinajstić information content (AvgIpc) is 2.46. The predicted octanol–water partition coefficient (Wildman–Crippen LogP) is 4.02. The molecule has 0 bridgehead atoms. The Morgan fingerprint density at radius 3 is 2.65 bits per heavy atom. The quantitative estimate of drug-likeness (QED) is 0.880. The van der Waals surface area contributed by atoms with Gasteiger partial charge in [0.2, 0.25) is 0 Å². The molecule has 1 aliphatic rings. The first-order valence-corrected chi connectivity index (χ1v) is 7.98. The lowest BCUT2D eigenvalue weighted by molar-refractivity contribution is -0.0914. The van der Waals surface area contributed by atoms with E-state index in [0.717, 1.165) is 38.8 Å². The topological polar surface area (TPSA) is 35.2 Å². The van der Waals surface area contributed by atoms with Gasteiger partial charge in [0.15, 0.2) is 0 Å². The van der Waals surface area contributed by atoms with Crippen LogP contribution in [0.5, 0.6) is 0 Å². The number of hydrogen-bond donors (Lipinski definition) is 1. The summed E-state index contributed by atoms with van der Waals surface area (Å²) in [4.78, 5) is 0. The van der Waals surface area contributed by atoms with Crippen LogP contribution >= 0.6 is 0 Å². The van der Waals surface area contributed by atoms with Crippen molar-refractivity contribution in [3.05, 3.63) is 35.4 Å². The molecular weight excluding hydrogens is 246 g/mol. The molecule has 0 saturated carbocycles. The lowest BCUT2D eigenvalue weighted by Gasteiger charge is -2.41. The van der Waals surface area contributed by atoms with E-state index in [1.165, 1.54) is 11.1 Å². The molecule has 1 heterocycles. The van der Waals surface area contributed by atoms with Crippen LogP contribution in [0, 0.1) is 12.8 Å². The van der Waals surface area contributed by atoms with Gasteiger partial charge in [0.05, 0.1) is 5.60 Å². The van der Waals surface area contributed by atoms with E-state index >= 15 is 0 Å². The Morgan fingerprint density at radius 1 is 1.35 bits per heavy atom. The first-order valence-electron chi connectivity index (χ1n) is 7.98. The van der Waals surface area contributed by atoms with Gasteiger partial charge in [0.1, 0.15) is 0 Å². The van der Waals surface area contributed by atoms with Crippen molar-refractivity contribution >= 4 is 0 Å². The molecule has 0 aromatic heterocycles. The summed E-state index contributed by atoms with van der Waals surface area (Å²) in [6, 6.07) is 9.01. The van der Waals surface area contributed by atoms with Gasteiger partial charge >= 0.3 is 0 Å². The largest absolute Gasteiger partial charge is 0.375 e. The van der Waals surface area contributed by atoms with Crippen molar-refractivity contribution in [2.24, 2.45) is 11.7 Å². The normalized spacial score (nSPS) is 28.3. The molecular formula is C18H29NO. The number of ether oxygens (including phenoxy) is 1. The van der Waals surface area contributed by atoms with Gasteiger partial charge in [0, 0.05) is 6.61 Å². The van der Waals surface area contributed by atoms with E-state index in [0.29, 0.717) is 11.8 Å². The van der Waals surface area contributed by atoms with E-state index in [-0.39, 0.29) is 5.60 Å². The lowest BCUT2D eigenvalue weighted by atomic mass is 9.74. The molecule has 1 saturated heterocycles. The van der Waals surface area contributed by atoms with E-state index in [1.54, 1.807) is 0 Å². The minimum absolute atomic E-state index is 0.0560. The molecule has 1 aliphatic heterocycles. The number of aryl methyl sites for hydroxylation is 1. The Hall–Kier alpha value is -0.860. The molecule has 0 amide bonds. The Kier molecular flexibility index (Phi) is 5.22. The highest BCUT2D eigenvalue weighted by Gasteiger charge is 2.35. The number of rotatable bonds is 5. The van der Waals surface area contributed by atoms with Crippen LogP contribution in [0.4, 0.5) is 0 Å². The zero-order valence-electron chi connectivity index (χ0n) is 13.2. The summed E-state index contributed by atoms with van der Waals surface area (Å²) in [5.74, 6) is 1.27. The molecule has 0 aliphatic carbocycles. The van der Waals surface area contributed by atoms with Crippen molar-refractivity contribution in [2.75, 3.05) is 13.2 Å². The molecule has 112 valence electrons. The lowest BCUT2D eigenvalue weighted by Crippen LogP contribution is -2.38. The third-order valence-electron chi connectivity index (χ3n) is 4.93. The molecule has 0 radical (unpaired) electrons. The molecule has 2 rings (SSSR count). The summed E-state index contributed by atoms with van der Waals surface area (Å²) in [6.45, 7) is 8.28. The average molecular weight is 275 g/mol. The fourth-order valence-electron chi connectivity index (χ4n) is 3.43. The molecule has 1 aromatic carbocycles. The number of hydrogen-bond acceptors (Lipinski definition) is 2. The fourth-order valence-corrected chi connectivity index (χ4v) is 3.43. The Bertz CT molecular complexity index is 414. The molecule has 2 heteroatoms. The molecule has 3 atom stereocenters. The van der Waals surface area contributed by atoms with Crippen molar-refractivity contribution < 1.29 is 4.74 Å². The van der Waals surface area contributed by atoms with Gasteiger partial charge in [-0.3, -0.25) is 0 Å². The van der Waals surface area contributed by atoms with Gasteiger partial charge in [-0.25, -0.2) is 0 Å². The standard InChI is InChI=1S/C18H29NO/c1-4-18(3)13-16(10-12-20-18)17(9-11-19)15-7-5-14(2)6-8-15/h5-8,16-17H,4,9-13,19H2,1-3H3/t16-,17-,18-/m0/s1. The summed E-state index contributed by atoms with van der Waals surface area (Å²) in [6.07, 6.45) is 4.48. The minimum atomic E-state index is 0.0560. The molecule has 2 N–H and O–H groups in total. The Morgan fingerprint density at radius 2 is 2.05 bits per heavy atom. The van der Waals surface area contributed by atoms with Crippen molar-refractivity contribution in [3.8, 4) is 0 Å². The van der Waals surface area contributed by atoms with Crippen LogP contribution in [0.25, 0.3) is 0 Å². The Labute approximate surface area is 123 Å². The van der Waals surface area contributed by atoms with Gasteiger partial charge in [-0.1, -0.05) is 36.8 Å². The summed E-state index contributed by atoms with van der Waals surface area (Å²) in [5, 5.41) is 0. The van der Waals surface area contributed by atoms with Crippen molar-refractivity contribution in [1.82, 2.24) is 0 Å². The van der Waals surface area contributed by atoms with Crippen LogP contribution in [-0.2, 0) is 4.74 Å². The van der Waals surface area contributed by atoms with Gasteiger partial charge in [-0.15, -0.1) is 0 Å². The van der Waals surface area contributed by atoms with Crippen LogP contribution < -0.4 is 5.73 Å². The summed E-state index contributed by atoms with van der Waals surface area (Å²) in [5.41, 5.74) is 8.70. The highest BCUT2D eigenvalue weighted by atomic mass is 16.5. The van der Waals surface area contributed by atoms with E-state index in [2.05, 4.69) is 45.0 Å². The first-order chi connectivity index (χ1) is 9.58. The Balaban J connectivity index is 2.17. The van der Waals surface area contributed by atoms with Crippen LogP contribution in [0.1, 0.15) is 56.6 Å². The summed E-state index contributed by atoms with van der Waals surface area (Å²) >= 11 is 0. The van der Waals surface area contributed by atoms with E-state index in [1.807, 2.05) is 0 Å². The number of benzene rings is 1. The van der Waals surface area contributed by atoms with E-state index in [4.69, 9.17) is 10.5 Å². The maximum absolute atomic E-state index is 6.00. The SMILES string of the molecule is CC[C@@]1(C)C[C@@H]([C@@H](CCN)c2ccc(C)cc2)CCO1. The third kappa shape index (κ3) is 3.62. The molecule has 1 fully saturated rings. The van der Waals surface area contributed by atoms with Gasteiger partial charge in [-0.05, 0) is 63.5 Å². The molecule has 0 unspecified atom stereocenters. The monoisotopic (exact) mass is 275 g/mol. The van der Waals surface area contributed by atoms with Crippen LogP contribution in [0.3, 0.4) is 0 Å². The molecule has 2 nitrogen and oxygen atoms in total. The second-order valence-corrected chi connectivity index (χ2v) is 6.50. The summed E-state index contributed by atoms with van der Waals surface area (Å²) in [7, 11) is 0. The van der Waals surface area contributed by atoms with Crippen molar-refractivity contribution in [2.45, 2.75) is 58.0 Å². The molecule has 1 aromatic rings. The molecule has 0 spiro atoms. The molecule has 20 heavy (non-hydrogen) atoms. The maximum Gasteiger partial charge on any atom is 0.0654 e. The smallest absolute Gasteiger partial charge is 0.0654 e. The zero-order valence-corrected chi connectivity index (χ0v) is 13.2. The predicted molar refractivity (Wildman–Crippen MR) is 85.0 cm³/mol. The third-order valence-corrected chi connectivity index (χ3v) is 4.93. The second kappa shape index (κ2) is 6.73. The second-order valence-electron chi connectivity index (χ2n) is 6.50. The van der Waals surface area contributed by atoms with Gasteiger partial charge < -0.3 is 10.5 Å². The van der Waals surface area contributed by atoms with Crippen LogP contribution in [0.2, 0.25) is 0 Å². The first kappa shape index (κ1) is 15.5. The maximum atomic E-state index is 6.00. The zero-order chi connectivity index (χ0) is 14.6. The highest BCUT2D eigenvalue weighted by Crippen LogP contribution is 2.41. The van der Waals surface area contributed by atoms with Gasteiger partial charge in [0.25, 0.3) is 0 Å². The fraction of sp³-hybridized carbons (Fsp3) is 0.667. The minimum Gasteiger partial charge on any atom is -0.375 e. The van der Waals surface area contributed by atoms with E-state index in [9.17, 15) is 0 Å². The van der Waals surface area contributed by atoms with Crippen molar-refractivity contribution in [3.63, 3.8) is 0 Å². The van der Waals surface area contributed by atoms with Crippen LogP contribution in [-0.4, -0.2) is 18.8 Å².